The highest BCUT2D eigenvalue weighted by Gasteiger charge is 2.60. The Morgan fingerprint density at radius 3 is 2.82 bits per heavy atom. The monoisotopic (exact) mass is 177 g/mol. The van der Waals surface area contributed by atoms with Gasteiger partial charge < -0.3 is 10.4 Å². The summed E-state index contributed by atoms with van der Waals surface area (Å²) in [6.07, 6.45) is 1.95. The minimum absolute atomic E-state index is 0. The molecular weight excluding hydrogens is 166 g/mol. The van der Waals surface area contributed by atoms with Crippen LogP contribution in [0.2, 0.25) is 0 Å². The van der Waals surface area contributed by atoms with Crippen molar-refractivity contribution >= 4 is 18.4 Å². The number of halogens is 1. The zero-order chi connectivity index (χ0) is 7.19. The second kappa shape index (κ2) is 2.64. The molecule has 0 aromatic heterocycles. The summed E-state index contributed by atoms with van der Waals surface area (Å²) in [5, 5.41) is 11.9. The van der Waals surface area contributed by atoms with Crippen molar-refractivity contribution in [2.45, 2.75) is 12.8 Å². The van der Waals surface area contributed by atoms with Crippen LogP contribution in [0.1, 0.15) is 12.8 Å². The molecule has 0 aromatic carbocycles. The SMILES string of the molecule is Cl.O=C(O)[C@@]12CNCC[C@@H]1C2. The number of carboxylic acids is 1. The molecule has 3 nitrogen and oxygen atoms in total. The van der Waals surface area contributed by atoms with Gasteiger partial charge in [0, 0.05) is 6.54 Å². The summed E-state index contributed by atoms with van der Waals surface area (Å²) >= 11 is 0. The van der Waals surface area contributed by atoms with Gasteiger partial charge in [0.2, 0.25) is 0 Å². The van der Waals surface area contributed by atoms with Crippen LogP contribution in [-0.4, -0.2) is 24.2 Å². The fourth-order valence-electron chi connectivity index (χ4n) is 1.90. The predicted octanol–water partition coefficient (Wildman–Crippen LogP) is 0.492. The first-order valence-corrected chi connectivity index (χ1v) is 3.70. The van der Waals surface area contributed by atoms with E-state index in [1.807, 2.05) is 0 Å². The van der Waals surface area contributed by atoms with E-state index >= 15 is 0 Å². The van der Waals surface area contributed by atoms with Crippen molar-refractivity contribution in [1.29, 1.82) is 0 Å². The molecule has 0 bridgehead atoms. The molecule has 1 aliphatic heterocycles. The molecule has 0 amide bonds. The average Bonchev–Trinajstić information content (AvgIpc) is 2.61. The summed E-state index contributed by atoms with van der Waals surface area (Å²) in [6, 6.07) is 0. The van der Waals surface area contributed by atoms with Gasteiger partial charge in [-0.05, 0) is 25.3 Å². The lowest BCUT2D eigenvalue weighted by Gasteiger charge is -2.18. The largest absolute Gasteiger partial charge is 0.481 e. The zero-order valence-electron chi connectivity index (χ0n) is 6.17. The quantitative estimate of drug-likeness (QED) is 0.613. The Labute approximate surface area is 71.6 Å². The highest BCUT2D eigenvalue weighted by atomic mass is 35.5. The van der Waals surface area contributed by atoms with Crippen LogP contribution in [-0.2, 0) is 4.79 Å². The number of nitrogens with one attached hydrogen (secondary N) is 1. The van der Waals surface area contributed by atoms with E-state index in [0.29, 0.717) is 12.5 Å². The molecule has 1 saturated heterocycles. The number of piperidine rings is 1. The van der Waals surface area contributed by atoms with Gasteiger partial charge in [-0.25, -0.2) is 0 Å². The predicted molar refractivity (Wildman–Crippen MR) is 42.9 cm³/mol. The van der Waals surface area contributed by atoms with E-state index in [0.717, 1.165) is 19.4 Å². The fraction of sp³-hybridized carbons (Fsp3) is 0.857. The van der Waals surface area contributed by atoms with Crippen molar-refractivity contribution in [3.05, 3.63) is 0 Å². The van der Waals surface area contributed by atoms with Crippen LogP contribution in [0.25, 0.3) is 0 Å². The van der Waals surface area contributed by atoms with Crippen LogP contribution >= 0.6 is 12.4 Å². The molecule has 0 radical (unpaired) electrons. The summed E-state index contributed by atoms with van der Waals surface area (Å²) in [5.41, 5.74) is -0.349. The van der Waals surface area contributed by atoms with Crippen LogP contribution in [0.3, 0.4) is 0 Å². The number of hydrogen-bond acceptors (Lipinski definition) is 2. The molecule has 4 heteroatoms. The highest BCUT2D eigenvalue weighted by molar-refractivity contribution is 5.85. The smallest absolute Gasteiger partial charge is 0.311 e. The van der Waals surface area contributed by atoms with E-state index < -0.39 is 5.97 Å². The average molecular weight is 178 g/mol. The first-order valence-electron chi connectivity index (χ1n) is 3.70. The maximum absolute atomic E-state index is 10.7. The van der Waals surface area contributed by atoms with Gasteiger partial charge in [0.05, 0.1) is 5.41 Å². The number of hydrogen-bond donors (Lipinski definition) is 2. The fourth-order valence-corrected chi connectivity index (χ4v) is 1.90. The molecule has 1 aliphatic carbocycles. The first kappa shape index (κ1) is 8.81. The van der Waals surface area contributed by atoms with E-state index in [-0.39, 0.29) is 17.8 Å². The molecule has 0 aromatic rings. The molecule has 2 aliphatic rings. The van der Waals surface area contributed by atoms with Gasteiger partial charge in [-0.3, -0.25) is 4.79 Å². The minimum atomic E-state index is -0.607. The standard InChI is InChI=1S/C7H11NO2.ClH/c9-6(10)7-3-5(7)1-2-8-4-7;/h5,8H,1-4H2,(H,9,10);1H/t5-,7+;/m1./s1. The van der Waals surface area contributed by atoms with Crippen molar-refractivity contribution in [2.75, 3.05) is 13.1 Å². The summed E-state index contributed by atoms with van der Waals surface area (Å²) in [7, 11) is 0. The Morgan fingerprint density at radius 2 is 2.36 bits per heavy atom. The van der Waals surface area contributed by atoms with Gasteiger partial charge >= 0.3 is 5.97 Å². The summed E-state index contributed by atoms with van der Waals surface area (Å²) in [5.74, 6) is -0.129. The van der Waals surface area contributed by atoms with Crippen molar-refractivity contribution < 1.29 is 9.90 Å². The zero-order valence-corrected chi connectivity index (χ0v) is 6.99. The molecule has 2 rings (SSSR count). The number of aliphatic carboxylic acids is 1. The molecule has 0 unspecified atom stereocenters. The second-order valence-electron chi connectivity index (χ2n) is 3.33. The molecule has 1 saturated carbocycles. The first-order chi connectivity index (χ1) is 4.76. The molecule has 2 fully saturated rings. The van der Waals surface area contributed by atoms with Crippen molar-refractivity contribution in [2.24, 2.45) is 11.3 Å². The second-order valence-corrected chi connectivity index (χ2v) is 3.33. The van der Waals surface area contributed by atoms with Gasteiger partial charge in [-0.1, -0.05) is 0 Å². The van der Waals surface area contributed by atoms with Gasteiger partial charge in [0.15, 0.2) is 0 Å². The van der Waals surface area contributed by atoms with Gasteiger partial charge in [0.25, 0.3) is 0 Å². The van der Waals surface area contributed by atoms with Crippen molar-refractivity contribution in [3.63, 3.8) is 0 Å². The molecule has 64 valence electrons. The van der Waals surface area contributed by atoms with E-state index in [2.05, 4.69) is 5.32 Å². The van der Waals surface area contributed by atoms with Gasteiger partial charge in [-0.2, -0.15) is 0 Å². The van der Waals surface area contributed by atoms with Gasteiger partial charge in [0.1, 0.15) is 0 Å². The van der Waals surface area contributed by atoms with E-state index in [4.69, 9.17) is 5.11 Å². The molecule has 11 heavy (non-hydrogen) atoms. The third-order valence-electron chi connectivity index (χ3n) is 2.77. The Balaban J connectivity index is 0.000000605. The van der Waals surface area contributed by atoms with E-state index in [1.54, 1.807) is 0 Å². The van der Waals surface area contributed by atoms with Crippen LogP contribution < -0.4 is 5.32 Å². The van der Waals surface area contributed by atoms with E-state index in [1.165, 1.54) is 0 Å². The van der Waals surface area contributed by atoms with Crippen molar-refractivity contribution in [1.82, 2.24) is 5.32 Å². The lowest BCUT2D eigenvalue weighted by atomic mass is 9.99. The lowest BCUT2D eigenvalue weighted by molar-refractivity contribution is -0.144. The lowest BCUT2D eigenvalue weighted by Crippen LogP contribution is -2.36. The Hall–Kier alpha value is -0.280. The third kappa shape index (κ3) is 1.12. The number of fused-ring (bicyclic) bond motifs is 1. The topological polar surface area (TPSA) is 49.3 Å². The molecule has 0 spiro atoms. The Morgan fingerprint density at radius 1 is 1.64 bits per heavy atom. The molecular formula is C7H12ClNO2. The summed E-state index contributed by atoms with van der Waals surface area (Å²) in [4.78, 5) is 10.7. The maximum Gasteiger partial charge on any atom is 0.311 e. The number of carbonyl (C=O) groups is 1. The summed E-state index contributed by atoms with van der Waals surface area (Å²) in [6.45, 7) is 1.69. The van der Waals surface area contributed by atoms with Crippen molar-refractivity contribution in [3.8, 4) is 0 Å². The van der Waals surface area contributed by atoms with E-state index in [9.17, 15) is 4.79 Å². The Kier molecular flexibility index (Phi) is 2.12. The van der Waals surface area contributed by atoms with Crippen LogP contribution in [0.4, 0.5) is 0 Å². The van der Waals surface area contributed by atoms with Gasteiger partial charge in [-0.15, -0.1) is 12.4 Å². The maximum atomic E-state index is 10.7. The number of rotatable bonds is 1. The molecule has 1 heterocycles. The number of carboxylic acid groups (broad SMARTS) is 1. The highest BCUT2D eigenvalue weighted by Crippen LogP contribution is 2.55. The third-order valence-corrected chi connectivity index (χ3v) is 2.77. The van der Waals surface area contributed by atoms with Crippen LogP contribution in [0.5, 0.6) is 0 Å². The Bertz CT molecular complexity index is 185. The summed E-state index contributed by atoms with van der Waals surface area (Å²) < 4.78 is 0. The minimum Gasteiger partial charge on any atom is -0.481 e. The molecule has 2 atom stereocenters. The molecule has 2 N–H and O–H groups in total. The van der Waals surface area contributed by atoms with Crippen LogP contribution in [0, 0.1) is 11.3 Å². The van der Waals surface area contributed by atoms with Crippen LogP contribution in [0.15, 0.2) is 0 Å². The normalized spacial score (nSPS) is 40.2.